The fourth-order valence-corrected chi connectivity index (χ4v) is 0.465. The van der Waals surface area contributed by atoms with Crippen LogP contribution < -0.4 is 0 Å². The molecule has 4 nitrogen and oxygen atoms in total. The Bertz CT molecular complexity index is 146. The monoisotopic (exact) mass is 145 g/mol. The highest BCUT2D eigenvalue weighted by Crippen LogP contribution is 2.15. The van der Waals surface area contributed by atoms with E-state index in [1.807, 2.05) is 0 Å². The van der Waals surface area contributed by atoms with Gasteiger partial charge >= 0.3 is 5.97 Å². The molecule has 1 atom stereocenters. The molecule has 1 unspecified atom stereocenters. The highest BCUT2D eigenvalue weighted by molar-refractivity contribution is 5.66. The third-order valence-electron chi connectivity index (χ3n) is 1.21. The molecule has 0 saturated heterocycles. The Labute approximate surface area is 59.5 Å². The number of rotatable bonds is 3. The van der Waals surface area contributed by atoms with E-state index in [0.29, 0.717) is 6.42 Å². The molecule has 0 aromatic heterocycles. The van der Waals surface area contributed by atoms with Crippen LogP contribution >= 0.6 is 0 Å². The average Bonchev–Trinajstić information content (AvgIpc) is 1.87. The number of hydrogen-bond donors (Lipinski definition) is 0. The first kappa shape index (κ1) is 9.07. The summed E-state index contributed by atoms with van der Waals surface area (Å²) in [4.78, 5) is 20.4. The Morgan fingerprint density at radius 3 is 2.30 bits per heavy atom. The maximum absolute atomic E-state index is 10.4. The van der Waals surface area contributed by atoms with Crippen LogP contribution in [0.25, 0.3) is 0 Å². The second-order valence-corrected chi connectivity index (χ2v) is 2.21. The van der Waals surface area contributed by atoms with Gasteiger partial charge in [-0.05, 0) is 12.1 Å². The minimum atomic E-state index is -1.17. The molecule has 0 radical (unpaired) electrons. The van der Waals surface area contributed by atoms with Crippen LogP contribution in [0.15, 0.2) is 5.18 Å². The van der Waals surface area contributed by atoms with Crippen LogP contribution in [0.4, 0.5) is 0 Å². The summed E-state index contributed by atoms with van der Waals surface area (Å²) in [6.45, 7) is 4.45. The van der Waals surface area contributed by atoms with Crippen molar-refractivity contribution in [1.29, 1.82) is 0 Å². The largest absolute Gasteiger partial charge is 0.434 e. The molecule has 4 heteroatoms. The molecule has 0 bridgehead atoms. The van der Waals surface area contributed by atoms with Crippen molar-refractivity contribution in [1.82, 2.24) is 0 Å². The molecule has 0 saturated carbocycles. The lowest BCUT2D eigenvalue weighted by molar-refractivity contribution is -0.154. The second kappa shape index (κ2) is 3.29. The van der Waals surface area contributed by atoms with Gasteiger partial charge < -0.3 is 4.74 Å². The van der Waals surface area contributed by atoms with Crippen molar-refractivity contribution in [3.05, 3.63) is 4.91 Å². The van der Waals surface area contributed by atoms with Gasteiger partial charge in [0.05, 0.1) is 0 Å². The third kappa shape index (κ3) is 2.57. The predicted octanol–water partition coefficient (Wildman–Crippen LogP) is 1.44. The van der Waals surface area contributed by atoms with Gasteiger partial charge in [0.1, 0.15) is 0 Å². The highest BCUT2D eigenvalue weighted by atomic mass is 16.6. The van der Waals surface area contributed by atoms with Gasteiger partial charge in [-0.1, -0.05) is 6.92 Å². The van der Waals surface area contributed by atoms with Gasteiger partial charge in [0, 0.05) is 13.3 Å². The second-order valence-electron chi connectivity index (χ2n) is 2.21. The highest BCUT2D eigenvalue weighted by Gasteiger charge is 2.25. The Balaban J connectivity index is 4.05. The maximum atomic E-state index is 10.4. The Morgan fingerprint density at radius 1 is 1.70 bits per heavy atom. The van der Waals surface area contributed by atoms with E-state index in [1.54, 1.807) is 6.92 Å². The first-order chi connectivity index (χ1) is 4.54. The van der Waals surface area contributed by atoms with Gasteiger partial charge in [-0.25, -0.2) is 0 Å². The van der Waals surface area contributed by atoms with Gasteiger partial charge in [0.25, 0.3) is 0 Å². The van der Waals surface area contributed by atoms with Gasteiger partial charge in [0.15, 0.2) is 0 Å². The molecule has 0 aromatic carbocycles. The molecular formula is C6H11NO3. The minimum Gasteiger partial charge on any atom is -0.434 e. The molecule has 58 valence electrons. The summed E-state index contributed by atoms with van der Waals surface area (Å²) >= 11 is 0. The van der Waals surface area contributed by atoms with Crippen LogP contribution in [0.5, 0.6) is 0 Å². The lowest BCUT2D eigenvalue weighted by atomic mass is 10.2. The van der Waals surface area contributed by atoms with E-state index in [1.165, 1.54) is 13.8 Å². The van der Waals surface area contributed by atoms with Crippen molar-refractivity contribution in [2.45, 2.75) is 32.9 Å². The van der Waals surface area contributed by atoms with E-state index in [0.717, 1.165) is 0 Å². The van der Waals surface area contributed by atoms with Gasteiger partial charge in [-0.3, -0.25) is 4.79 Å². The molecule has 0 heterocycles. The van der Waals surface area contributed by atoms with Crippen LogP contribution in [-0.2, 0) is 9.53 Å². The van der Waals surface area contributed by atoms with Crippen LogP contribution in [0, 0.1) is 4.91 Å². The molecule has 10 heavy (non-hydrogen) atoms. The maximum Gasteiger partial charge on any atom is 0.304 e. The quantitative estimate of drug-likeness (QED) is 0.446. The topological polar surface area (TPSA) is 55.7 Å². The summed E-state index contributed by atoms with van der Waals surface area (Å²) in [5, 5.41) is 2.69. The first-order valence-corrected chi connectivity index (χ1v) is 3.08. The molecule has 0 aliphatic carbocycles. The summed E-state index contributed by atoms with van der Waals surface area (Å²) in [5.41, 5.74) is -1.17. The summed E-state index contributed by atoms with van der Waals surface area (Å²) < 4.78 is 4.62. The van der Waals surface area contributed by atoms with E-state index >= 15 is 0 Å². The van der Waals surface area contributed by atoms with Crippen molar-refractivity contribution in [2.24, 2.45) is 5.18 Å². The zero-order valence-electron chi connectivity index (χ0n) is 6.38. The number of hydrogen-bond acceptors (Lipinski definition) is 4. The van der Waals surface area contributed by atoms with E-state index in [4.69, 9.17) is 0 Å². The summed E-state index contributed by atoms with van der Waals surface area (Å²) in [7, 11) is 0. The molecule has 0 N–H and O–H groups in total. The standard InChI is InChI=1S/C6H11NO3/c1-4-6(3,7-9)10-5(2)8/h4H2,1-3H3. The summed E-state index contributed by atoms with van der Waals surface area (Å²) in [6, 6.07) is 0. The average molecular weight is 145 g/mol. The number of carbonyl (C=O) groups is 1. The fourth-order valence-electron chi connectivity index (χ4n) is 0.465. The molecule has 0 fully saturated rings. The lowest BCUT2D eigenvalue weighted by Gasteiger charge is -2.18. The molecule has 0 amide bonds. The van der Waals surface area contributed by atoms with Crippen molar-refractivity contribution >= 4 is 5.97 Å². The molecule has 0 spiro atoms. The summed E-state index contributed by atoms with van der Waals surface area (Å²) in [5.74, 6) is -0.482. The SMILES string of the molecule is CCC(C)(N=O)OC(C)=O. The molecule has 0 aliphatic heterocycles. The van der Waals surface area contributed by atoms with E-state index in [2.05, 4.69) is 9.91 Å². The third-order valence-corrected chi connectivity index (χ3v) is 1.21. The minimum absolute atomic E-state index is 0.399. The predicted molar refractivity (Wildman–Crippen MR) is 36.3 cm³/mol. The number of nitroso groups, excluding NO2 is 1. The number of esters is 1. The van der Waals surface area contributed by atoms with E-state index < -0.39 is 11.7 Å². The van der Waals surface area contributed by atoms with E-state index in [-0.39, 0.29) is 0 Å². The van der Waals surface area contributed by atoms with Crippen LogP contribution in [0.2, 0.25) is 0 Å². The van der Waals surface area contributed by atoms with Crippen LogP contribution in [0.3, 0.4) is 0 Å². The molecule has 0 rings (SSSR count). The van der Waals surface area contributed by atoms with E-state index in [9.17, 15) is 9.70 Å². The smallest absolute Gasteiger partial charge is 0.304 e. The zero-order valence-corrected chi connectivity index (χ0v) is 6.38. The Morgan fingerprint density at radius 2 is 2.20 bits per heavy atom. The first-order valence-electron chi connectivity index (χ1n) is 3.08. The Kier molecular flexibility index (Phi) is 2.99. The van der Waals surface area contributed by atoms with Crippen molar-refractivity contribution < 1.29 is 9.53 Å². The van der Waals surface area contributed by atoms with Crippen molar-refractivity contribution in [3.63, 3.8) is 0 Å². The van der Waals surface area contributed by atoms with Crippen molar-refractivity contribution in [2.75, 3.05) is 0 Å². The van der Waals surface area contributed by atoms with Gasteiger partial charge in [-0.15, -0.1) is 4.91 Å². The molecule has 0 aliphatic rings. The number of nitrogens with zero attached hydrogens (tertiary/aromatic N) is 1. The number of carbonyl (C=O) groups excluding carboxylic acids is 1. The van der Waals surface area contributed by atoms with Gasteiger partial charge in [0.2, 0.25) is 5.72 Å². The van der Waals surface area contributed by atoms with Crippen molar-refractivity contribution in [3.8, 4) is 0 Å². The fraction of sp³-hybridized carbons (Fsp3) is 0.833. The van der Waals surface area contributed by atoms with Crippen LogP contribution in [-0.4, -0.2) is 11.7 Å². The normalized spacial score (nSPS) is 15.5. The summed E-state index contributed by atoms with van der Waals surface area (Å²) in [6.07, 6.45) is 0.399. The zero-order chi connectivity index (χ0) is 8.20. The lowest BCUT2D eigenvalue weighted by Crippen LogP contribution is -2.26. The number of ether oxygens (including phenoxy) is 1. The molecular weight excluding hydrogens is 134 g/mol. The van der Waals surface area contributed by atoms with Gasteiger partial charge in [-0.2, -0.15) is 0 Å². The molecule has 0 aromatic rings. The Hall–Kier alpha value is -0.930. The van der Waals surface area contributed by atoms with Crippen LogP contribution in [0.1, 0.15) is 27.2 Å².